The highest BCUT2D eigenvalue weighted by Crippen LogP contribution is 2.19. The number of benzene rings is 2. The van der Waals surface area contributed by atoms with E-state index in [2.05, 4.69) is 0 Å². The van der Waals surface area contributed by atoms with Gasteiger partial charge in [0.2, 0.25) is 0 Å². The number of aliphatic carboxylic acids is 2. The van der Waals surface area contributed by atoms with Crippen LogP contribution >= 0.6 is 0 Å². The summed E-state index contributed by atoms with van der Waals surface area (Å²) in [5.41, 5.74) is 1.62. The number of hydrogen-bond acceptors (Lipinski definition) is 4. The van der Waals surface area contributed by atoms with Crippen LogP contribution in [0.1, 0.15) is 30.9 Å². The van der Waals surface area contributed by atoms with Gasteiger partial charge in [-0.25, -0.2) is 9.59 Å². The molecule has 2 aromatic rings. The first-order valence-corrected chi connectivity index (χ1v) is 9.17. The van der Waals surface area contributed by atoms with Crippen LogP contribution in [0.2, 0.25) is 0 Å². The molecule has 2 aromatic carbocycles. The molecule has 6 nitrogen and oxygen atoms in total. The van der Waals surface area contributed by atoms with E-state index < -0.39 is 11.9 Å². The highest BCUT2D eigenvalue weighted by Gasteiger charge is 2.11. The van der Waals surface area contributed by atoms with Gasteiger partial charge >= 0.3 is 11.9 Å². The molecule has 6 heteroatoms. The van der Waals surface area contributed by atoms with Gasteiger partial charge < -0.3 is 19.7 Å². The van der Waals surface area contributed by atoms with E-state index in [9.17, 15) is 19.8 Å². The molecular weight excluding hydrogens is 372 g/mol. The molecule has 152 valence electrons. The van der Waals surface area contributed by atoms with Crippen molar-refractivity contribution in [1.29, 1.82) is 0 Å². The fourth-order valence-electron chi connectivity index (χ4n) is 2.59. The third kappa shape index (κ3) is 6.84. The SMILES string of the molecule is CCCC(=CC(=Cc1ccc(OCc2ccc(OC)cc2)cc1)C(=O)O)C(=O)O. The molecule has 0 unspecified atom stereocenters. The maximum absolute atomic E-state index is 11.5. The molecule has 0 saturated heterocycles. The van der Waals surface area contributed by atoms with Gasteiger partial charge in [0.05, 0.1) is 12.7 Å². The Hall–Kier alpha value is -3.54. The Morgan fingerprint density at radius 2 is 1.55 bits per heavy atom. The van der Waals surface area contributed by atoms with Crippen molar-refractivity contribution < 1.29 is 29.3 Å². The molecule has 2 N–H and O–H groups in total. The largest absolute Gasteiger partial charge is 0.497 e. The Balaban J connectivity index is 2.10. The number of methoxy groups -OCH3 is 1. The van der Waals surface area contributed by atoms with Crippen molar-refractivity contribution in [2.75, 3.05) is 7.11 Å². The number of hydrogen-bond donors (Lipinski definition) is 2. The summed E-state index contributed by atoms with van der Waals surface area (Å²) in [5.74, 6) is -0.873. The van der Waals surface area contributed by atoms with Crippen molar-refractivity contribution in [3.05, 3.63) is 76.9 Å². The fourth-order valence-corrected chi connectivity index (χ4v) is 2.59. The molecule has 0 heterocycles. The molecule has 0 saturated carbocycles. The highest BCUT2D eigenvalue weighted by atomic mass is 16.5. The second kappa shape index (κ2) is 10.7. The molecule has 0 aliphatic carbocycles. The minimum Gasteiger partial charge on any atom is -0.497 e. The highest BCUT2D eigenvalue weighted by molar-refractivity contribution is 5.98. The molecule has 0 atom stereocenters. The molecule has 0 amide bonds. The van der Waals surface area contributed by atoms with Crippen LogP contribution in [-0.2, 0) is 16.2 Å². The zero-order chi connectivity index (χ0) is 21.2. The zero-order valence-electron chi connectivity index (χ0n) is 16.4. The molecule has 2 rings (SSSR count). The Morgan fingerprint density at radius 3 is 2.07 bits per heavy atom. The van der Waals surface area contributed by atoms with Crippen LogP contribution in [0, 0.1) is 0 Å². The summed E-state index contributed by atoms with van der Waals surface area (Å²) in [6.07, 6.45) is 3.57. The van der Waals surface area contributed by atoms with Gasteiger partial charge in [-0.1, -0.05) is 37.6 Å². The van der Waals surface area contributed by atoms with E-state index in [0.717, 1.165) is 11.3 Å². The number of ether oxygens (including phenoxy) is 2. The summed E-state index contributed by atoms with van der Waals surface area (Å²) in [5, 5.41) is 18.6. The summed E-state index contributed by atoms with van der Waals surface area (Å²) in [6, 6.07) is 14.5. The summed E-state index contributed by atoms with van der Waals surface area (Å²) in [4.78, 5) is 22.8. The maximum atomic E-state index is 11.5. The first-order valence-electron chi connectivity index (χ1n) is 9.17. The molecule has 29 heavy (non-hydrogen) atoms. The van der Waals surface area contributed by atoms with E-state index in [1.165, 1.54) is 12.2 Å². The predicted octanol–water partition coefficient (Wildman–Crippen LogP) is 4.55. The van der Waals surface area contributed by atoms with Gasteiger partial charge in [-0.2, -0.15) is 0 Å². The molecule has 0 spiro atoms. The molecule has 0 aromatic heterocycles. The van der Waals surface area contributed by atoms with Gasteiger partial charge in [-0.15, -0.1) is 0 Å². The van der Waals surface area contributed by atoms with Crippen molar-refractivity contribution in [1.82, 2.24) is 0 Å². The number of carboxylic acids is 2. The Morgan fingerprint density at radius 1 is 0.931 bits per heavy atom. The monoisotopic (exact) mass is 396 g/mol. The van der Waals surface area contributed by atoms with Crippen molar-refractivity contribution in [3.63, 3.8) is 0 Å². The van der Waals surface area contributed by atoms with Crippen LogP contribution in [0.15, 0.2) is 65.8 Å². The predicted molar refractivity (Wildman–Crippen MR) is 110 cm³/mol. The lowest BCUT2D eigenvalue weighted by Gasteiger charge is -2.08. The summed E-state index contributed by atoms with van der Waals surface area (Å²) in [6.45, 7) is 2.23. The minimum absolute atomic E-state index is 0.0700. The standard InChI is InChI=1S/C23H24O6/c1-3-4-18(22(24)25)14-19(23(26)27)13-16-5-11-21(12-6-16)29-15-17-7-9-20(28-2)10-8-17/h5-14H,3-4,15H2,1-2H3,(H,24,25)(H,26,27). The first-order chi connectivity index (χ1) is 13.9. The quantitative estimate of drug-likeness (QED) is 0.452. The van der Waals surface area contributed by atoms with Crippen molar-refractivity contribution in [2.24, 2.45) is 0 Å². The number of carbonyl (C=O) groups is 2. The average Bonchev–Trinajstić information content (AvgIpc) is 2.72. The lowest BCUT2D eigenvalue weighted by atomic mass is 10.0. The lowest BCUT2D eigenvalue weighted by Crippen LogP contribution is -2.05. The van der Waals surface area contributed by atoms with Gasteiger partial charge in [0.15, 0.2) is 0 Å². The van der Waals surface area contributed by atoms with E-state index in [1.54, 1.807) is 31.4 Å². The van der Waals surface area contributed by atoms with Crippen LogP contribution in [0.25, 0.3) is 6.08 Å². The number of rotatable bonds is 10. The minimum atomic E-state index is -1.18. The van der Waals surface area contributed by atoms with Crippen LogP contribution in [0.3, 0.4) is 0 Å². The molecule has 0 fully saturated rings. The first kappa shape index (κ1) is 21.8. The van der Waals surface area contributed by atoms with E-state index >= 15 is 0 Å². The molecular formula is C23H24O6. The van der Waals surface area contributed by atoms with Crippen molar-refractivity contribution in [2.45, 2.75) is 26.4 Å². The van der Waals surface area contributed by atoms with Crippen LogP contribution in [0.4, 0.5) is 0 Å². The smallest absolute Gasteiger partial charge is 0.335 e. The molecule has 0 radical (unpaired) electrons. The van der Waals surface area contributed by atoms with Crippen LogP contribution in [-0.4, -0.2) is 29.3 Å². The van der Waals surface area contributed by atoms with E-state index in [0.29, 0.717) is 30.8 Å². The lowest BCUT2D eigenvalue weighted by molar-refractivity contribution is -0.133. The van der Waals surface area contributed by atoms with Crippen molar-refractivity contribution >= 4 is 18.0 Å². The van der Waals surface area contributed by atoms with Gasteiger partial charge in [0.1, 0.15) is 18.1 Å². The fraction of sp³-hybridized carbons (Fsp3) is 0.217. The van der Waals surface area contributed by atoms with Crippen molar-refractivity contribution in [3.8, 4) is 11.5 Å². The zero-order valence-corrected chi connectivity index (χ0v) is 16.4. The van der Waals surface area contributed by atoms with Gasteiger partial charge in [0.25, 0.3) is 0 Å². The summed E-state index contributed by atoms with van der Waals surface area (Å²) >= 11 is 0. The van der Waals surface area contributed by atoms with Gasteiger partial charge in [0, 0.05) is 5.57 Å². The van der Waals surface area contributed by atoms with Gasteiger partial charge in [-0.05, 0) is 54.0 Å². The van der Waals surface area contributed by atoms with Crippen LogP contribution in [0.5, 0.6) is 11.5 Å². The topological polar surface area (TPSA) is 93.1 Å². The second-order valence-corrected chi connectivity index (χ2v) is 6.34. The molecule has 0 aliphatic heterocycles. The third-order valence-corrected chi connectivity index (χ3v) is 4.14. The summed E-state index contributed by atoms with van der Waals surface area (Å²) in [7, 11) is 1.61. The van der Waals surface area contributed by atoms with E-state index in [-0.39, 0.29) is 11.1 Å². The maximum Gasteiger partial charge on any atom is 0.335 e. The molecule has 0 bridgehead atoms. The molecule has 0 aliphatic rings. The van der Waals surface area contributed by atoms with Crippen LogP contribution < -0.4 is 9.47 Å². The summed E-state index contributed by atoms with van der Waals surface area (Å²) < 4.78 is 10.9. The Labute approximate surface area is 169 Å². The van der Waals surface area contributed by atoms with Gasteiger partial charge in [-0.3, -0.25) is 0 Å². The Bertz CT molecular complexity index is 892. The number of carboxylic acid groups (broad SMARTS) is 2. The second-order valence-electron chi connectivity index (χ2n) is 6.34. The average molecular weight is 396 g/mol. The van der Waals surface area contributed by atoms with E-state index in [1.807, 2.05) is 31.2 Å². The third-order valence-electron chi connectivity index (χ3n) is 4.14. The van der Waals surface area contributed by atoms with E-state index in [4.69, 9.17) is 9.47 Å². The Kier molecular flexibility index (Phi) is 8.03. The normalized spacial score (nSPS) is 11.8.